The first kappa shape index (κ1) is 14.4. The van der Waals surface area contributed by atoms with Crippen molar-refractivity contribution >= 4 is 50.7 Å². The van der Waals surface area contributed by atoms with Gasteiger partial charge < -0.3 is 5.32 Å². The van der Waals surface area contributed by atoms with Crippen LogP contribution in [0.3, 0.4) is 0 Å². The molecule has 2 nitrogen and oxygen atoms in total. The van der Waals surface area contributed by atoms with E-state index in [1.165, 1.54) is 0 Å². The van der Waals surface area contributed by atoms with Crippen LogP contribution in [0.25, 0.3) is 0 Å². The van der Waals surface area contributed by atoms with E-state index in [-0.39, 0.29) is 5.91 Å². The van der Waals surface area contributed by atoms with Gasteiger partial charge in [-0.05, 0) is 42.8 Å². The summed E-state index contributed by atoms with van der Waals surface area (Å²) >= 11 is 15.4. The number of carbonyl (C=O) groups excluding carboxylic acids is 1. The Hall–Kier alpha value is -1.03. The average Bonchev–Trinajstić information content (AvgIpc) is 2.37. The highest BCUT2D eigenvalue weighted by molar-refractivity contribution is 9.10. The molecule has 0 saturated carbocycles. The minimum atomic E-state index is -0.248. The zero-order valence-corrected chi connectivity index (χ0v) is 13.1. The van der Waals surface area contributed by atoms with Crippen LogP contribution in [0.15, 0.2) is 40.9 Å². The van der Waals surface area contributed by atoms with Gasteiger partial charge in [0, 0.05) is 15.1 Å². The van der Waals surface area contributed by atoms with Crippen molar-refractivity contribution in [3.63, 3.8) is 0 Å². The number of hydrogen-bond donors (Lipinski definition) is 1. The van der Waals surface area contributed by atoms with Gasteiger partial charge in [-0.1, -0.05) is 45.2 Å². The molecule has 5 heteroatoms. The summed E-state index contributed by atoms with van der Waals surface area (Å²) in [6.07, 6.45) is 0. The number of anilines is 1. The summed E-state index contributed by atoms with van der Waals surface area (Å²) in [6.45, 7) is 1.88. The van der Waals surface area contributed by atoms with E-state index in [1.807, 2.05) is 6.92 Å². The van der Waals surface area contributed by atoms with E-state index in [4.69, 9.17) is 23.2 Å². The van der Waals surface area contributed by atoms with Crippen LogP contribution in [0.2, 0.25) is 10.0 Å². The van der Waals surface area contributed by atoms with Gasteiger partial charge in [0.05, 0.1) is 10.7 Å². The maximum absolute atomic E-state index is 12.1. The van der Waals surface area contributed by atoms with Gasteiger partial charge in [-0.15, -0.1) is 0 Å². The van der Waals surface area contributed by atoms with E-state index in [0.717, 1.165) is 10.0 Å². The van der Waals surface area contributed by atoms with Crippen LogP contribution in [0, 0.1) is 6.92 Å². The SMILES string of the molecule is Cc1ccc(C(=O)Nc2cc(Br)ccc2Cl)cc1Cl. The smallest absolute Gasteiger partial charge is 0.255 e. The van der Waals surface area contributed by atoms with Gasteiger partial charge >= 0.3 is 0 Å². The Balaban J connectivity index is 2.25. The fraction of sp³-hybridized carbons (Fsp3) is 0.0714. The number of carbonyl (C=O) groups is 1. The molecule has 0 bridgehead atoms. The van der Waals surface area contributed by atoms with Crippen LogP contribution in [-0.4, -0.2) is 5.91 Å². The molecule has 0 aliphatic heterocycles. The monoisotopic (exact) mass is 357 g/mol. The van der Waals surface area contributed by atoms with E-state index in [0.29, 0.717) is 21.3 Å². The van der Waals surface area contributed by atoms with Crippen LogP contribution >= 0.6 is 39.1 Å². The quantitative estimate of drug-likeness (QED) is 0.773. The summed E-state index contributed by atoms with van der Waals surface area (Å²) in [5.74, 6) is -0.248. The van der Waals surface area contributed by atoms with Gasteiger partial charge in [0.1, 0.15) is 0 Å². The fourth-order valence-electron chi connectivity index (χ4n) is 1.52. The third-order valence-corrected chi connectivity index (χ3v) is 3.84. The van der Waals surface area contributed by atoms with Crippen molar-refractivity contribution in [3.05, 3.63) is 62.0 Å². The lowest BCUT2D eigenvalue weighted by Crippen LogP contribution is -2.12. The second-order valence-electron chi connectivity index (χ2n) is 4.04. The molecule has 0 fully saturated rings. The molecular formula is C14H10BrCl2NO. The van der Waals surface area contributed by atoms with E-state index in [9.17, 15) is 4.79 Å². The van der Waals surface area contributed by atoms with Gasteiger partial charge in [-0.3, -0.25) is 4.79 Å². The number of benzene rings is 2. The molecule has 98 valence electrons. The third kappa shape index (κ3) is 3.50. The lowest BCUT2D eigenvalue weighted by atomic mass is 10.1. The summed E-state index contributed by atoms with van der Waals surface area (Å²) in [6, 6.07) is 10.4. The van der Waals surface area contributed by atoms with Crippen LogP contribution in [0.1, 0.15) is 15.9 Å². The highest BCUT2D eigenvalue weighted by Gasteiger charge is 2.10. The molecule has 1 amide bonds. The molecule has 0 aromatic heterocycles. The third-order valence-electron chi connectivity index (χ3n) is 2.61. The molecule has 0 aliphatic rings. The zero-order chi connectivity index (χ0) is 14.0. The van der Waals surface area contributed by atoms with E-state index in [1.54, 1.807) is 36.4 Å². The standard InChI is InChI=1S/C14H10BrCl2NO/c1-8-2-3-9(6-12(8)17)14(19)18-13-7-10(15)4-5-11(13)16/h2-7H,1H3,(H,18,19). The topological polar surface area (TPSA) is 29.1 Å². The van der Waals surface area contributed by atoms with Gasteiger partial charge in [0.25, 0.3) is 5.91 Å². The minimum absolute atomic E-state index is 0.248. The van der Waals surface area contributed by atoms with Gasteiger partial charge in [0.15, 0.2) is 0 Å². The van der Waals surface area contributed by atoms with E-state index < -0.39 is 0 Å². The van der Waals surface area contributed by atoms with Crippen LogP contribution in [-0.2, 0) is 0 Å². The molecule has 0 atom stereocenters. The lowest BCUT2D eigenvalue weighted by molar-refractivity contribution is 0.102. The largest absolute Gasteiger partial charge is 0.321 e. The normalized spacial score (nSPS) is 10.3. The highest BCUT2D eigenvalue weighted by Crippen LogP contribution is 2.26. The lowest BCUT2D eigenvalue weighted by Gasteiger charge is -2.08. The average molecular weight is 359 g/mol. The molecule has 0 saturated heterocycles. The molecule has 2 rings (SSSR count). The second-order valence-corrected chi connectivity index (χ2v) is 5.77. The van der Waals surface area contributed by atoms with E-state index in [2.05, 4.69) is 21.2 Å². The summed E-state index contributed by atoms with van der Waals surface area (Å²) in [7, 11) is 0. The van der Waals surface area contributed by atoms with Crippen molar-refractivity contribution in [2.24, 2.45) is 0 Å². The van der Waals surface area contributed by atoms with Crippen molar-refractivity contribution in [3.8, 4) is 0 Å². The molecule has 19 heavy (non-hydrogen) atoms. The van der Waals surface area contributed by atoms with Crippen LogP contribution < -0.4 is 5.32 Å². The van der Waals surface area contributed by atoms with Gasteiger partial charge in [-0.25, -0.2) is 0 Å². The highest BCUT2D eigenvalue weighted by atomic mass is 79.9. The van der Waals surface area contributed by atoms with Crippen molar-refractivity contribution in [1.82, 2.24) is 0 Å². The maximum atomic E-state index is 12.1. The van der Waals surface area contributed by atoms with Crippen molar-refractivity contribution < 1.29 is 4.79 Å². The summed E-state index contributed by atoms with van der Waals surface area (Å²) in [5, 5.41) is 3.80. The molecule has 0 unspecified atom stereocenters. The minimum Gasteiger partial charge on any atom is -0.321 e. The van der Waals surface area contributed by atoms with Crippen molar-refractivity contribution in [1.29, 1.82) is 0 Å². The fourth-order valence-corrected chi connectivity index (χ4v) is 2.23. The number of rotatable bonds is 2. The van der Waals surface area contributed by atoms with Crippen LogP contribution in [0.5, 0.6) is 0 Å². The predicted octanol–water partition coefficient (Wildman–Crippen LogP) is 5.32. The Bertz CT molecular complexity index is 643. The Morgan fingerprint density at radius 3 is 2.53 bits per heavy atom. The molecule has 0 aliphatic carbocycles. The molecule has 0 heterocycles. The Morgan fingerprint density at radius 2 is 1.84 bits per heavy atom. The van der Waals surface area contributed by atoms with E-state index >= 15 is 0 Å². The Morgan fingerprint density at radius 1 is 1.11 bits per heavy atom. The molecular weight excluding hydrogens is 349 g/mol. The Kier molecular flexibility index (Phi) is 4.50. The number of nitrogens with one attached hydrogen (secondary N) is 1. The predicted molar refractivity (Wildman–Crippen MR) is 83.3 cm³/mol. The van der Waals surface area contributed by atoms with Crippen molar-refractivity contribution in [2.75, 3.05) is 5.32 Å². The number of halogens is 3. The molecule has 1 N–H and O–H groups in total. The molecule has 0 spiro atoms. The molecule has 0 radical (unpaired) electrons. The number of aryl methyl sites for hydroxylation is 1. The van der Waals surface area contributed by atoms with Crippen molar-refractivity contribution in [2.45, 2.75) is 6.92 Å². The maximum Gasteiger partial charge on any atom is 0.255 e. The zero-order valence-electron chi connectivity index (χ0n) is 10.0. The first-order chi connectivity index (χ1) is 8.97. The summed E-state index contributed by atoms with van der Waals surface area (Å²) in [4.78, 5) is 12.1. The molecule has 2 aromatic carbocycles. The Labute approximate surface area is 129 Å². The summed E-state index contributed by atoms with van der Waals surface area (Å²) < 4.78 is 0.842. The molecule has 2 aromatic rings. The summed E-state index contributed by atoms with van der Waals surface area (Å²) in [5.41, 5.74) is 1.98. The number of amides is 1. The van der Waals surface area contributed by atoms with Crippen LogP contribution in [0.4, 0.5) is 5.69 Å². The second kappa shape index (κ2) is 5.95. The van der Waals surface area contributed by atoms with Gasteiger partial charge in [-0.2, -0.15) is 0 Å². The first-order valence-electron chi connectivity index (χ1n) is 5.50. The first-order valence-corrected chi connectivity index (χ1v) is 7.05. The number of hydrogen-bond acceptors (Lipinski definition) is 1. The van der Waals surface area contributed by atoms with Gasteiger partial charge in [0.2, 0.25) is 0 Å².